The maximum atomic E-state index is 13.0. The topological polar surface area (TPSA) is 77.4 Å². The Labute approximate surface area is 230 Å². The predicted molar refractivity (Wildman–Crippen MR) is 148 cm³/mol. The lowest BCUT2D eigenvalue weighted by molar-refractivity contribution is 0.0741. The molecule has 2 aromatic carbocycles. The zero-order valence-corrected chi connectivity index (χ0v) is 23.3. The highest BCUT2D eigenvalue weighted by atomic mass is 35.5. The molecule has 0 saturated carbocycles. The molecule has 37 heavy (non-hydrogen) atoms. The van der Waals surface area contributed by atoms with Crippen LogP contribution in [0.3, 0.4) is 0 Å². The summed E-state index contributed by atoms with van der Waals surface area (Å²) in [6, 6.07) is 17.3. The summed E-state index contributed by atoms with van der Waals surface area (Å²) in [5.74, 6) is -0.492. The number of ether oxygens (including phenoxy) is 1. The smallest absolute Gasteiger partial charge is 0.408 e. The molecule has 0 bridgehead atoms. The lowest BCUT2D eigenvalue weighted by Gasteiger charge is -2.37. The lowest BCUT2D eigenvalue weighted by Crippen LogP contribution is -2.44. The van der Waals surface area contributed by atoms with E-state index in [1.807, 2.05) is 30.3 Å². The molecular weight excluding hydrogens is 507 g/mol. The highest BCUT2D eigenvalue weighted by molar-refractivity contribution is 6.30. The number of nitrogens with zero attached hydrogens (tertiary/aromatic N) is 2. The summed E-state index contributed by atoms with van der Waals surface area (Å²) in [6.45, 7) is 9.88. The Bertz CT molecular complexity index is 1120. The molecule has 2 aromatic rings. The second-order valence-corrected chi connectivity index (χ2v) is 12.2. The average Bonchev–Trinajstić information content (AvgIpc) is 3.45. The minimum Gasteiger partial charge on any atom is -0.430 e. The van der Waals surface area contributed by atoms with Crippen molar-refractivity contribution in [2.75, 3.05) is 26.2 Å². The molecule has 4 rings (SSSR count). The summed E-state index contributed by atoms with van der Waals surface area (Å²) in [5.41, 5.74) is 0.551. The molecule has 0 unspecified atom stereocenters. The molecule has 0 radical (unpaired) electrons. The van der Waals surface area contributed by atoms with Crippen molar-refractivity contribution in [2.24, 2.45) is 5.41 Å². The van der Waals surface area contributed by atoms with Gasteiger partial charge in [-0.15, -0.1) is 0 Å². The molecule has 4 atom stereocenters. The van der Waals surface area contributed by atoms with Crippen LogP contribution in [0.1, 0.15) is 57.1 Å². The van der Waals surface area contributed by atoms with E-state index in [0.717, 1.165) is 30.8 Å². The lowest BCUT2D eigenvalue weighted by atomic mass is 9.64. The first-order chi connectivity index (χ1) is 17.6. The van der Waals surface area contributed by atoms with Gasteiger partial charge in [0.2, 0.25) is 0 Å². The van der Waals surface area contributed by atoms with Gasteiger partial charge in [-0.3, -0.25) is 5.32 Å². The number of benzene rings is 2. The van der Waals surface area contributed by atoms with E-state index in [1.54, 1.807) is 18.2 Å². The quantitative estimate of drug-likeness (QED) is 0.442. The van der Waals surface area contributed by atoms with Gasteiger partial charge in [0, 0.05) is 29.2 Å². The molecule has 2 saturated heterocycles. The van der Waals surface area contributed by atoms with Crippen LogP contribution in [0.2, 0.25) is 10.0 Å². The molecule has 6 nitrogen and oxygen atoms in total. The van der Waals surface area contributed by atoms with E-state index in [4.69, 9.17) is 27.9 Å². The maximum Gasteiger partial charge on any atom is 0.408 e. The van der Waals surface area contributed by atoms with Crippen molar-refractivity contribution in [3.05, 3.63) is 69.7 Å². The minimum absolute atomic E-state index is 0.0854. The van der Waals surface area contributed by atoms with E-state index in [-0.39, 0.29) is 11.5 Å². The number of carbonyl (C=O) groups excluding carboxylic acids is 1. The molecule has 2 aliphatic heterocycles. The van der Waals surface area contributed by atoms with Crippen LogP contribution >= 0.6 is 23.2 Å². The Morgan fingerprint density at radius 1 is 1.16 bits per heavy atom. The Morgan fingerprint density at radius 2 is 1.86 bits per heavy atom. The number of hydrogen-bond donors (Lipinski definition) is 2. The van der Waals surface area contributed by atoms with Gasteiger partial charge in [0.05, 0.1) is 12.0 Å². The predicted octanol–water partition coefficient (Wildman–Crippen LogP) is 6.09. The summed E-state index contributed by atoms with van der Waals surface area (Å²) in [6.07, 6.45) is 1.87. The Morgan fingerprint density at radius 3 is 2.49 bits per heavy atom. The number of nitrogens with one attached hydrogen (secondary N) is 2. The molecule has 8 heteroatoms. The first-order valence-corrected chi connectivity index (χ1v) is 13.7. The third kappa shape index (κ3) is 6.41. The number of hydrogen-bond acceptors (Lipinski definition) is 5. The van der Waals surface area contributed by atoms with Gasteiger partial charge in [0.25, 0.3) is 0 Å². The second kappa shape index (κ2) is 11.6. The first kappa shape index (κ1) is 27.7. The largest absolute Gasteiger partial charge is 0.430 e. The fourth-order valence-electron chi connectivity index (χ4n) is 5.75. The molecule has 2 N–H and O–H groups in total. The van der Waals surface area contributed by atoms with Crippen LogP contribution in [0.15, 0.2) is 48.5 Å². The monoisotopic (exact) mass is 542 g/mol. The van der Waals surface area contributed by atoms with Gasteiger partial charge in [0.1, 0.15) is 5.41 Å². The maximum absolute atomic E-state index is 13.0. The zero-order valence-electron chi connectivity index (χ0n) is 21.8. The van der Waals surface area contributed by atoms with Crippen molar-refractivity contribution < 1.29 is 9.53 Å². The Kier molecular flexibility index (Phi) is 8.70. The van der Waals surface area contributed by atoms with E-state index in [1.165, 1.54) is 12.8 Å². The summed E-state index contributed by atoms with van der Waals surface area (Å²) in [5, 5.41) is 18.5. The van der Waals surface area contributed by atoms with Crippen molar-refractivity contribution >= 4 is 29.3 Å². The number of likely N-dealkylation sites (tertiary alicyclic amines) is 1. The summed E-state index contributed by atoms with van der Waals surface area (Å²) in [4.78, 5) is 15.3. The van der Waals surface area contributed by atoms with Gasteiger partial charge in [-0.05, 0) is 73.2 Å². The number of nitriles is 1. The number of carbonyl (C=O) groups is 1. The molecule has 2 aliphatic rings. The van der Waals surface area contributed by atoms with Gasteiger partial charge in [0.15, 0.2) is 6.23 Å². The molecule has 0 spiro atoms. The number of amides is 1. The van der Waals surface area contributed by atoms with Crippen molar-refractivity contribution in [3.63, 3.8) is 0 Å². The van der Waals surface area contributed by atoms with Crippen molar-refractivity contribution in [2.45, 2.75) is 63.6 Å². The van der Waals surface area contributed by atoms with Crippen molar-refractivity contribution in [1.82, 2.24) is 15.5 Å². The van der Waals surface area contributed by atoms with Crippen LogP contribution < -0.4 is 10.6 Å². The molecule has 0 aromatic heterocycles. The standard InChI is InChI=1S/C29H36Cl2N4O2/c1-28(2,3)18-24-29(19-32,21-9-11-22(30)12-10-21)25(20-7-6-8-23(31)17-20)26(34-24)37-27(36)33-13-16-35-14-4-5-15-35/h6-12,17,24-26,34H,4-5,13-16,18H2,1-3H3,(H,33,36)/t24-,25-,26+,29-/m0/s1. The third-order valence-electron chi connectivity index (χ3n) is 7.37. The molecule has 0 aliphatic carbocycles. The van der Waals surface area contributed by atoms with E-state index < -0.39 is 23.7 Å². The first-order valence-electron chi connectivity index (χ1n) is 13.0. The molecule has 2 fully saturated rings. The van der Waals surface area contributed by atoms with Gasteiger partial charge in [-0.25, -0.2) is 4.79 Å². The molecule has 1 amide bonds. The fraction of sp³-hybridized carbons (Fsp3) is 0.517. The normalized spacial score (nSPS) is 26.1. The summed E-state index contributed by atoms with van der Waals surface area (Å²) < 4.78 is 6.03. The van der Waals surface area contributed by atoms with Gasteiger partial charge in [-0.2, -0.15) is 5.26 Å². The van der Waals surface area contributed by atoms with Gasteiger partial charge >= 0.3 is 6.09 Å². The van der Waals surface area contributed by atoms with E-state index in [2.05, 4.69) is 42.4 Å². The Hall–Kier alpha value is -2.30. The van der Waals surface area contributed by atoms with Crippen LogP contribution in [-0.2, 0) is 10.2 Å². The zero-order chi connectivity index (χ0) is 26.6. The molecule has 198 valence electrons. The Balaban J connectivity index is 1.69. The summed E-state index contributed by atoms with van der Waals surface area (Å²) >= 11 is 12.6. The van der Waals surface area contributed by atoms with E-state index in [0.29, 0.717) is 23.0 Å². The van der Waals surface area contributed by atoms with Crippen LogP contribution in [0.25, 0.3) is 0 Å². The van der Waals surface area contributed by atoms with E-state index in [9.17, 15) is 10.1 Å². The highest BCUT2D eigenvalue weighted by Gasteiger charge is 2.59. The van der Waals surface area contributed by atoms with E-state index >= 15 is 0 Å². The van der Waals surface area contributed by atoms with Crippen molar-refractivity contribution in [3.8, 4) is 6.07 Å². The SMILES string of the molecule is CC(C)(C)C[C@@H]1N[C@H](OC(=O)NCCN2CCCC2)[C@H](c2cccc(Cl)c2)[C@@]1(C#N)c1ccc(Cl)cc1. The number of alkyl carbamates (subject to hydrolysis) is 1. The third-order valence-corrected chi connectivity index (χ3v) is 7.86. The second-order valence-electron chi connectivity index (χ2n) is 11.3. The van der Waals surface area contributed by atoms with Crippen LogP contribution in [-0.4, -0.2) is 49.4 Å². The fourth-order valence-corrected chi connectivity index (χ4v) is 6.08. The van der Waals surface area contributed by atoms with Crippen LogP contribution in [0.4, 0.5) is 4.79 Å². The highest BCUT2D eigenvalue weighted by Crippen LogP contribution is 2.51. The molecule has 2 heterocycles. The van der Waals surface area contributed by atoms with Crippen LogP contribution in [0.5, 0.6) is 0 Å². The molecular formula is C29H36Cl2N4O2. The van der Waals surface area contributed by atoms with Crippen molar-refractivity contribution in [1.29, 1.82) is 5.26 Å². The van der Waals surface area contributed by atoms with Gasteiger partial charge < -0.3 is 15.0 Å². The average molecular weight is 544 g/mol. The summed E-state index contributed by atoms with van der Waals surface area (Å²) in [7, 11) is 0. The van der Waals surface area contributed by atoms with Gasteiger partial charge in [-0.1, -0.05) is 68.2 Å². The minimum atomic E-state index is -1.02. The van der Waals surface area contributed by atoms with Crippen LogP contribution in [0, 0.1) is 16.7 Å². The number of rotatable bonds is 7. The number of halogens is 2.